The SMILES string of the molecule is COc1ccc(-c2sccc2P(CC(C)C)CC(C)C)cc1. The third kappa shape index (κ3) is 4.57. The van der Waals surface area contributed by atoms with Crippen LogP contribution in [-0.4, -0.2) is 19.4 Å². The molecule has 0 unspecified atom stereocenters. The molecule has 120 valence electrons. The monoisotopic (exact) mass is 334 g/mol. The maximum atomic E-state index is 5.28. The Bertz CT molecular complexity index is 561. The number of methoxy groups -OCH3 is 1. The topological polar surface area (TPSA) is 9.23 Å². The van der Waals surface area contributed by atoms with E-state index in [1.54, 1.807) is 12.4 Å². The molecule has 22 heavy (non-hydrogen) atoms. The highest BCUT2D eigenvalue weighted by Crippen LogP contribution is 2.43. The van der Waals surface area contributed by atoms with Gasteiger partial charge >= 0.3 is 0 Å². The number of ether oxygens (including phenoxy) is 1. The fourth-order valence-corrected chi connectivity index (χ4v) is 7.12. The molecule has 0 atom stereocenters. The van der Waals surface area contributed by atoms with Crippen molar-refractivity contribution in [3.8, 4) is 16.2 Å². The second-order valence-electron chi connectivity index (χ2n) is 6.56. The lowest BCUT2D eigenvalue weighted by Gasteiger charge is -2.22. The van der Waals surface area contributed by atoms with Crippen LogP contribution in [0.3, 0.4) is 0 Å². The summed E-state index contributed by atoms with van der Waals surface area (Å²) in [6.45, 7) is 9.37. The number of rotatable bonds is 7. The van der Waals surface area contributed by atoms with Crippen LogP contribution in [0.1, 0.15) is 27.7 Å². The maximum Gasteiger partial charge on any atom is 0.118 e. The first kappa shape index (κ1) is 17.5. The first-order valence-corrected chi connectivity index (χ1v) is 10.6. The van der Waals surface area contributed by atoms with Gasteiger partial charge in [0.15, 0.2) is 0 Å². The van der Waals surface area contributed by atoms with E-state index in [0.29, 0.717) is 0 Å². The largest absolute Gasteiger partial charge is 0.497 e. The van der Waals surface area contributed by atoms with Crippen LogP contribution in [0, 0.1) is 11.8 Å². The van der Waals surface area contributed by atoms with Crippen molar-refractivity contribution in [2.45, 2.75) is 27.7 Å². The van der Waals surface area contributed by atoms with Gasteiger partial charge in [-0.2, -0.15) is 0 Å². The molecule has 0 bridgehead atoms. The van der Waals surface area contributed by atoms with Crippen molar-refractivity contribution in [2.75, 3.05) is 19.4 Å². The minimum absolute atomic E-state index is 0.0742. The Kier molecular flexibility index (Phi) is 6.47. The minimum atomic E-state index is -0.0742. The summed E-state index contributed by atoms with van der Waals surface area (Å²) in [6, 6.07) is 10.9. The van der Waals surface area contributed by atoms with E-state index in [1.165, 1.54) is 22.8 Å². The summed E-state index contributed by atoms with van der Waals surface area (Å²) in [6.07, 6.45) is 2.65. The van der Waals surface area contributed by atoms with Crippen LogP contribution in [0.15, 0.2) is 35.7 Å². The summed E-state index contributed by atoms with van der Waals surface area (Å²) in [5.74, 6) is 2.44. The van der Waals surface area contributed by atoms with Crippen molar-refractivity contribution in [3.05, 3.63) is 35.7 Å². The predicted molar refractivity (Wildman–Crippen MR) is 102 cm³/mol. The van der Waals surface area contributed by atoms with Crippen molar-refractivity contribution in [3.63, 3.8) is 0 Å². The molecule has 0 fully saturated rings. The lowest BCUT2D eigenvalue weighted by atomic mass is 10.2. The molecule has 3 heteroatoms. The molecule has 0 saturated heterocycles. The molecular weight excluding hydrogens is 307 g/mol. The van der Waals surface area contributed by atoms with Crippen LogP contribution >= 0.6 is 19.3 Å². The van der Waals surface area contributed by atoms with E-state index in [9.17, 15) is 0 Å². The van der Waals surface area contributed by atoms with Gasteiger partial charge in [-0.25, -0.2) is 0 Å². The third-order valence-electron chi connectivity index (χ3n) is 3.51. The Morgan fingerprint density at radius 2 is 1.55 bits per heavy atom. The zero-order valence-corrected chi connectivity index (χ0v) is 16.0. The number of hydrogen-bond acceptors (Lipinski definition) is 2. The standard InChI is InChI=1S/C19H27OPS/c1-14(2)12-21(13-15(3)4)18-10-11-22-19(18)16-6-8-17(20-5)9-7-16/h6-11,14-15H,12-13H2,1-5H3. The molecule has 0 aliphatic heterocycles. The van der Waals surface area contributed by atoms with Gasteiger partial charge < -0.3 is 4.74 Å². The van der Waals surface area contributed by atoms with Gasteiger partial charge in [-0.3, -0.25) is 0 Å². The van der Waals surface area contributed by atoms with Crippen molar-refractivity contribution in [2.24, 2.45) is 11.8 Å². The fraction of sp³-hybridized carbons (Fsp3) is 0.474. The van der Waals surface area contributed by atoms with Crippen molar-refractivity contribution in [1.82, 2.24) is 0 Å². The van der Waals surface area contributed by atoms with Crippen LogP contribution in [0.2, 0.25) is 0 Å². The maximum absolute atomic E-state index is 5.28. The Morgan fingerprint density at radius 1 is 0.955 bits per heavy atom. The molecule has 0 amide bonds. The lowest BCUT2D eigenvalue weighted by molar-refractivity contribution is 0.415. The molecule has 0 spiro atoms. The van der Waals surface area contributed by atoms with Crippen molar-refractivity contribution in [1.29, 1.82) is 0 Å². The van der Waals surface area contributed by atoms with E-state index in [0.717, 1.165) is 17.6 Å². The molecule has 1 heterocycles. The molecule has 2 aromatic rings. The number of hydrogen-bond donors (Lipinski definition) is 0. The zero-order valence-electron chi connectivity index (χ0n) is 14.3. The molecule has 0 radical (unpaired) electrons. The summed E-state index contributed by atoms with van der Waals surface area (Å²) in [7, 11) is 1.64. The van der Waals surface area contributed by atoms with Gasteiger partial charge in [0.25, 0.3) is 0 Å². The highest BCUT2D eigenvalue weighted by Gasteiger charge is 2.19. The van der Waals surface area contributed by atoms with Crippen LogP contribution < -0.4 is 10.0 Å². The molecule has 1 nitrogen and oxygen atoms in total. The average molecular weight is 334 g/mol. The summed E-state index contributed by atoms with van der Waals surface area (Å²) in [5.41, 5.74) is 1.32. The fourth-order valence-electron chi connectivity index (χ4n) is 2.66. The Morgan fingerprint density at radius 3 is 2.05 bits per heavy atom. The summed E-state index contributed by atoms with van der Waals surface area (Å²) in [5, 5.41) is 3.85. The van der Waals surface area contributed by atoms with E-state index in [4.69, 9.17) is 4.74 Å². The number of benzene rings is 1. The Hall–Kier alpha value is -0.850. The van der Waals surface area contributed by atoms with Crippen molar-refractivity contribution >= 4 is 24.6 Å². The van der Waals surface area contributed by atoms with Gasteiger partial charge in [-0.1, -0.05) is 35.6 Å². The lowest BCUT2D eigenvalue weighted by Crippen LogP contribution is -2.12. The van der Waals surface area contributed by atoms with Crippen LogP contribution in [-0.2, 0) is 0 Å². The van der Waals surface area contributed by atoms with E-state index in [1.807, 2.05) is 11.3 Å². The van der Waals surface area contributed by atoms with Crippen LogP contribution in [0.4, 0.5) is 0 Å². The molecule has 1 aromatic carbocycles. The van der Waals surface area contributed by atoms with E-state index >= 15 is 0 Å². The van der Waals surface area contributed by atoms with Gasteiger partial charge in [-0.05, 0) is 70.7 Å². The van der Waals surface area contributed by atoms with Crippen molar-refractivity contribution < 1.29 is 4.74 Å². The summed E-state index contributed by atoms with van der Waals surface area (Å²) >= 11 is 1.87. The van der Waals surface area contributed by atoms with Gasteiger partial charge in [0, 0.05) is 4.88 Å². The normalized spacial score (nSPS) is 11.6. The smallest absolute Gasteiger partial charge is 0.118 e. The summed E-state index contributed by atoms with van der Waals surface area (Å²) in [4.78, 5) is 1.45. The summed E-state index contributed by atoms with van der Waals surface area (Å²) < 4.78 is 5.28. The molecule has 0 saturated carbocycles. The second kappa shape index (κ2) is 8.13. The van der Waals surface area contributed by atoms with E-state index < -0.39 is 0 Å². The molecule has 2 rings (SSSR count). The molecule has 1 aromatic heterocycles. The van der Waals surface area contributed by atoms with Gasteiger partial charge in [0.2, 0.25) is 0 Å². The second-order valence-corrected chi connectivity index (χ2v) is 9.76. The van der Waals surface area contributed by atoms with Crippen LogP contribution in [0.5, 0.6) is 5.75 Å². The van der Waals surface area contributed by atoms with E-state index in [2.05, 4.69) is 63.4 Å². The molecule has 0 N–H and O–H groups in total. The number of thiophene rings is 1. The first-order valence-electron chi connectivity index (χ1n) is 7.98. The quantitative estimate of drug-likeness (QED) is 0.578. The highest BCUT2D eigenvalue weighted by molar-refractivity contribution is 7.66. The minimum Gasteiger partial charge on any atom is -0.497 e. The zero-order chi connectivity index (χ0) is 16.1. The molecule has 0 aliphatic rings. The van der Waals surface area contributed by atoms with E-state index in [-0.39, 0.29) is 7.92 Å². The average Bonchev–Trinajstić information content (AvgIpc) is 2.95. The van der Waals surface area contributed by atoms with Crippen LogP contribution in [0.25, 0.3) is 10.4 Å². The highest BCUT2D eigenvalue weighted by atomic mass is 32.1. The Balaban J connectivity index is 2.32. The third-order valence-corrected chi connectivity index (χ3v) is 8.02. The molecular formula is C19H27OPS. The first-order chi connectivity index (χ1) is 10.5. The van der Waals surface area contributed by atoms with Gasteiger partial charge in [0.05, 0.1) is 7.11 Å². The van der Waals surface area contributed by atoms with Gasteiger partial charge in [-0.15, -0.1) is 11.3 Å². The predicted octanol–water partition coefficient (Wildman–Crippen LogP) is 5.84. The molecule has 0 aliphatic carbocycles. The van der Waals surface area contributed by atoms with Gasteiger partial charge in [0.1, 0.15) is 5.75 Å². The Labute approximate surface area is 140 Å².